The third-order valence-electron chi connectivity index (χ3n) is 9.24. The van der Waals surface area contributed by atoms with Gasteiger partial charge >= 0.3 is 0 Å². The average Bonchev–Trinajstić information content (AvgIpc) is 3.78. The van der Waals surface area contributed by atoms with Crippen LogP contribution in [0.2, 0.25) is 0 Å². The summed E-state index contributed by atoms with van der Waals surface area (Å²) in [5.41, 5.74) is 15.3. The van der Waals surface area contributed by atoms with E-state index in [1.54, 1.807) is 6.20 Å². The number of rotatable bonds is 13. The minimum Gasteiger partial charge on any atom is -0.393 e. The normalized spacial score (nSPS) is 16.9. The van der Waals surface area contributed by atoms with Gasteiger partial charge in [0.15, 0.2) is 0 Å². The van der Waals surface area contributed by atoms with Crippen molar-refractivity contribution in [3.63, 3.8) is 0 Å². The summed E-state index contributed by atoms with van der Waals surface area (Å²) in [6.07, 6.45) is 6.79. The van der Waals surface area contributed by atoms with Gasteiger partial charge in [0.05, 0.1) is 12.3 Å². The molecule has 2 heterocycles. The molecule has 4 rings (SSSR count). The molecular formula is C41H57N5O3. The Labute approximate surface area is 293 Å². The van der Waals surface area contributed by atoms with Crippen molar-refractivity contribution in [3.8, 4) is 17.2 Å². The van der Waals surface area contributed by atoms with Crippen molar-refractivity contribution in [3.05, 3.63) is 81.4 Å². The number of nitrogens with two attached hydrogens (primary N) is 1. The lowest BCUT2D eigenvalue weighted by molar-refractivity contribution is -0.122. The Balaban J connectivity index is 0.000000276. The molecule has 2 aromatic heterocycles. The van der Waals surface area contributed by atoms with Gasteiger partial charge in [-0.15, -0.1) is 0 Å². The molecule has 0 saturated heterocycles. The number of carbonyl (C=O) groups excluding carboxylic acids is 1. The molecule has 1 aliphatic carbocycles. The first kappa shape index (κ1) is 39.5. The number of nitriles is 1. The molecule has 49 heavy (non-hydrogen) atoms. The number of aliphatic imine (C=N–C) groups is 1. The van der Waals surface area contributed by atoms with E-state index >= 15 is 0 Å². The number of benzene rings is 1. The molecule has 8 nitrogen and oxygen atoms in total. The largest absolute Gasteiger partial charge is 0.393 e. The van der Waals surface area contributed by atoms with Gasteiger partial charge in [-0.1, -0.05) is 66.5 Å². The minimum atomic E-state index is -0.864. The molecule has 1 aromatic carbocycles. The van der Waals surface area contributed by atoms with E-state index in [1.807, 2.05) is 51.1 Å². The fourth-order valence-corrected chi connectivity index (χ4v) is 6.41. The third-order valence-corrected chi connectivity index (χ3v) is 9.24. The van der Waals surface area contributed by atoms with Crippen LogP contribution < -0.4 is 5.73 Å². The van der Waals surface area contributed by atoms with E-state index in [2.05, 4.69) is 57.6 Å². The van der Waals surface area contributed by atoms with Crippen LogP contribution in [0.4, 0.5) is 0 Å². The summed E-state index contributed by atoms with van der Waals surface area (Å²) >= 11 is 0. The summed E-state index contributed by atoms with van der Waals surface area (Å²) in [5.74, 6) is 2.36. The number of hydrogen-bond donors (Lipinski definition) is 3. The van der Waals surface area contributed by atoms with Crippen LogP contribution in [0.15, 0.2) is 41.5 Å². The van der Waals surface area contributed by atoms with Gasteiger partial charge in [-0.3, -0.25) is 9.78 Å². The van der Waals surface area contributed by atoms with Crippen molar-refractivity contribution < 1.29 is 15.0 Å². The first-order valence-corrected chi connectivity index (χ1v) is 17.9. The maximum atomic E-state index is 12.9. The van der Waals surface area contributed by atoms with Crippen molar-refractivity contribution in [1.82, 2.24) is 9.97 Å². The van der Waals surface area contributed by atoms with Gasteiger partial charge in [0.25, 0.3) is 5.91 Å². The topological polar surface area (TPSA) is 145 Å². The fraction of sp³-hybridized carbons (Fsp3) is 0.537. The highest BCUT2D eigenvalue weighted by molar-refractivity contribution is 6.05. The van der Waals surface area contributed by atoms with Crippen molar-refractivity contribution in [1.29, 1.82) is 5.26 Å². The molecule has 4 unspecified atom stereocenters. The van der Waals surface area contributed by atoms with E-state index in [0.717, 1.165) is 83.3 Å². The Morgan fingerprint density at radius 2 is 1.71 bits per heavy atom. The lowest BCUT2D eigenvalue weighted by atomic mass is 9.90. The van der Waals surface area contributed by atoms with Gasteiger partial charge in [-0.25, -0.2) is 4.98 Å². The predicted molar refractivity (Wildman–Crippen MR) is 198 cm³/mol. The van der Waals surface area contributed by atoms with E-state index < -0.39 is 6.10 Å². The SMILES string of the molecule is CCCc1ccc(C(N)=NC(=O)C(CCC(C)C)CC(C)C)c(C2CC2C)n1.Cc1cc(-c2c(C)cc(C(O)CO)cc2C)cnc1C#N. The number of amidine groups is 1. The molecule has 4 atom stereocenters. The Morgan fingerprint density at radius 3 is 2.22 bits per heavy atom. The molecule has 8 heteroatoms. The minimum absolute atomic E-state index is 0.0448. The number of nitrogens with zero attached hydrogens (tertiary/aromatic N) is 4. The molecule has 1 saturated carbocycles. The van der Waals surface area contributed by atoms with Crippen molar-refractivity contribution in [2.75, 3.05) is 6.61 Å². The van der Waals surface area contributed by atoms with Gasteiger partial charge in [-0.2, -0.15) is 10.3 Å². The number of amides is 1. The molecule has 4 N–H and O–H groups in total. The van der Waals surface area contributed by atoms with Crippen LogP contribution in [0, 0.1) is 55.8 Å². The summed E-state index contributed by atoms with van der Waals surface area (Å²) < 4.78 is 0. The Bertz CT molecular complexity index is 1630. The van der Waals surface area contributed by atoms with Crippen molar-refractivity contribution in [2.45, 2.75) is 113 Å². The van der Waals surface area contributed by atoms with Crippen molar-refractivity contribution >= 4 is 11.7 Å². The number of hydrogen-bond acceptors (Lipinski definition) is 6. The maximum absolute atomic E-state index is 12.9. The number of aryl methyl sites for hydroxylation is 4. The second-order valence-corrected chi connectivity index (χ2v) is 14.7. The number of carbonyl (C=O) groups is 1. The second-order valence-electron chi connectivity index (χ2n) is 14.7. The Kier molecular flexibility index (Phi) is 14.7. The average molecular weight is 668 g/mol. The summed E-state index contributed by atoms with van der Waals surface area (Å²) in [7, 11) is 0. The molecule has 0 aliphatic heterocycles. The van der Waals surface area contributed by atoms with Gasteiger partial charge in [0.2, 0.25) is 0 Å². The lowest BCUT2D eigenvalue weighted by Crippen LogP contribution is -2.23. The van der Waals surface area contributed by atoms with E-state index in [9.17, 15) is 9.90 Å². The molecule has 264 valence electrons. The van der Waals surface area contributed by atoms with Gasteiger partial charge in [0, 0.05) is 34.9 Å². The highest BCUT2D eigenvalue weighted by Crippen LogP contribution is 2.47. The van der Waals surface area contributed by atoms with Gasteiger partial charge in [0.1, 0.15) is 23.7 Å². The van der Waals surface area contributed by atoms with Crippen LogP contribution in [-0.2, 0) is 11.2 Å². The zero-order valence-corrected chi connectivity index (χ0v) is 31.0. The summed E-state index contributed by atoms with van der Waals surface area (Å²) in [4.78, 5) is 26.3. The van der Waals surface area contributed by atoms with Crippen LogP contribution in [-0.4, -0.2) is 38.5 Å². The molecule has 0 bridgehead atoms. The maximum Gasteiger partial charge on any atom is 0.250 e. The highest BCUT2D eigenvalue weighted by Gasteiger charge is 2.37. The zero-order chi connectivity index (χ0) is 36.4. The summed E-state index contributed by atoms with van der Waals surface area (Å²) in [6.45, 7) is 18.6. The lowest BCUT2D eigenvalue weighted by Gasteiger charge is -2.17. The molecule has 0 radical (unpaired) electrons. The van der Waals surface area contributed by atoms with Crippen LogP contribution in [0.25, 0.3) is 11.1 Å². The van der Waals surface area contributed by atoms with Gasteiger partial charge < -0.3 is 15.9 Å². The van der Waals surface area contributed by atoms with E-state index in [0.29, 0.717) is 40.8 Å². The Morgan fingerprint density at radius 1 is 1.06 bits per heavy atom. The van der Waals surface area contributed by atoms with E-state index in [1.165, 1.54) is 0 Å². The second kappa shape index (κ2) is 18.2. The van der Waals surface area contributed by atoms with Crippen LogP contribution in [0.5, 0.6) is 0 Å². The smallest absolute Gasteiger partial charge is 0.250 e. The molecule has 1 fully saturated rings. The first-order chi connectivity index (χ1) is 23.2. The molecular weight excluding hydrogens is 610 g/mol. The monoisotopic (exact) mass is 667 g/mol. The van der Waals surface area contributed by atoms with Crippen LogP contribution in [0.3, 0.4) is 0 Å². The highest BCUT2D eigenvalue weighted by atomic mass is 16.3. The molecule has 1 amide bonds. The number of aliphatic hydroxyl groups is 2. The predicted octanol–water partition coefficient (Wildman–Crippen LogP) is 8.06. The van der Waals surface area contributed by atoms with Crippen molar-refractivity contribution in [2.24, 2.45) is 34.4 Å². The first-order valence-electron chi connectivity index (χ1n) is 17.9. The fourth-order valence-electron chi connectivity index (χ4n) is 6.41. The summed E-state index contributed by atoms with van der Waals surface area (Å²) in [5, 5.41) is 27.8. The van der Waals surface area contributed by atoms with E-state index in [-0.39, 0.29) is 18.4 Å². The van der Waals surface area contributed by atoms with Crippen LogP contribution in [0.1, 0.15) is 131 Å². The standard InChI is InChI=1S/C24H39N3O.C17H18N2O2/c1-7-8-19-11-12-20(22(26-19)21-14-17(21)6)23(25)27-24(28)18(13-16(4)5)10-9-15(2)3;1-10-4-14(8-19-15(10)7-18)17-11(2)5-13(6-12(17)3)16(21)9-20/h11-12,15-18,21H,7-10,13-14H2,1-6H3,(H2,25,27,28);4-6,8,16,20-21H,9H2,1-3H3. The van der Waals surface area contributed by atoms with E-state index in [4.69, 9.17) is 21.1 Å². The third kappa shape index (κ3) is 11.0. The number of aliphatic hydroxyl groups excluding tert-OH is 2. The number of aromatic nitrogens is 2. The molecule has 0 spiro atoms. The molecule has 1 aliphatic rings. The molecule has 3 aromatic rings. The quantitative estimate of drug-likeness (QED) is 0.123. The number of pyridine rings is 2. The van der Waals surface area contributed by atoms with Gasteiger partial charge in [-0.05, 0) is 110 Å². The van der Waals surface area contributed by atoms with Crippen LogP contribution >= 0.6 is 0 Å². The summed E-state index contributed by atoms with van der Waals surface area (Å²) in [6, 6.07) is 11.8. The zero-order valence-electron chi connectivity index (χ0n) is 31.0. The Hall–Kier alpha value is -3.93.